The average Bonchev–Trinajstić information content (AvgIpc) is 1.64. The third-order valence-electron chi connectivity index (χ3n) is 0.825. The molecule has 0 bridgehead atoms. The van der Waals surface area contributed by atoms with Crippen LogP contribution in [0.5, 0.6) is 0 Å². The van der Waals surface area contributed by atoms with Crippen LogP contribution in [0.2, 0.25) is 5.02 Å². The molecule has 1 aromatic carbocycles. The van der Waals surface area contributed by atoms with E-state index in [1.807, 2.05) is 18.2 Å². The van der Waals surface area contributed by atoms with Gasteiger partial charge < -0.3 is 0 Å². The summed E-state index contributed by atoms with van der Waals surface area (Å²) in [5.74, 6) is 0. The van der Waals surface area contributed by atoms with Gasteiger partial charge in [-0.25, -0.2) is 0 Å². The van der Waals surface area contributed by atoms with Gasteiger partial charge in [-0.05, 0) is 0 Å². The van der Waals surface area contributed by atoms with Crippen LogP contribution in [0.3, 0.4) is 0 Å². The molecule has 0 heterocycles. The first-order valence-electron chi connectivity index (χ1n) is 2.26. The fourth-order valence-corrected chi connectivity index (χ4v) is 2.01. The third-order valence-corrected chi connectivity index (χ3v) is 2.27. The minimum atomic E-state index is 0.845. The van der Waals surface area contributed by atoms with E-state index in [1.54, 1.807) is 0 Å². The quantitative estimate of drug-likeness (QED) is 0.629. The maximum atomic E-state index is 5.67. The summed E-state index contributed by atoms with van der Waals surface area (Å²) in [7, 11) is 0. The van der Waals surface area contributed by atoms with Gasteiger partial charge in [0.2, 0.25) is 0 Å². The normalized spacial score (nSPS) is 9.25. The summed E-state index contributed by atoms with van der Waals surface area (Å²) in [6, 6.07) is 7.94. The summed E-state index contributed by atoms with van der Waals surface area (Å²) in [6.45, 7) is 0. The van der Waals surface area contributed by atoms with E-state index in [2.05, 4.69) is 6.07 Å². The Bertz CT molecular complexity index is 168. The van der Waals surface area contributed by atoms with Crippen LogP contribution in [0.1, 0.15) is 0 Å². The van der Waals surface area contributed by atoms with E-state index in [-0.39, 0.29) is 0 Å². The first-order valence-corrected chi connectivity index (χ1v) is 4.58. The molecule has 0 aliphatic heterocycles. The molecule has 0 aliphatic rings. The Balaban J connectivity index is 3.08. The van der Waals surface area contributed by atoms with E-state index in [0.717, 1.165) is 30.8 Å². The molecular weight excluding hydrogens is 315 g/mol. The second-order valence-corrected chi connectivity index (χ2v) is 4.19. The Morgan fingerprint density at radius 2 is 2.12 bits per heavy atom. The number of benzene rings is 1. The number of hydrogen-bond donors (Lipinski definition) is 0. The van der Waals surface area contributed by atoms with Gasteiger partial charge in [0, 0.05) is 0 Å². The molecule has 0 saturated carbocycles. The van der Waals surface area contributed by atoms with Crippen molar-refractivity contribution in [3.8, 4) is 0 Å². The van der Waals surface area contributed by atoms with Gasteiger partial charge in [0.1, 0.15) is 0 Å². The second-order valence-electron chi connectivity index (χ2n) is 1.51. The fraction of sp³-hybridized carbons (Fsp3) is 0. The van der Waals surface area contributed by atoms with Gasteiger partial charge in [-0.3, -0.25) is 0 Å². The van der Waals surface area contributed by atoms with Crippen molar-refractivity contribution < 1.29 is 0 Å². The number of hydrogen-bond acceptors (Lipinski definition) is 0. The number of rotatable bonds is 0. The van der Waals surface area contributed by atoms with Gasteiger partial charge in [0.15, 0.2) is 0 Å². The van der Waals surface area contributed by atoms with Gasteiger partial charge in [-0.2, -0.15) is 0 Å². The van der Waals surface area contributed by atoms with Crippen molar-refractivity contribution in [3.05, 3.63) is 29.3 Å². The van der Waals surface area contributed by atoms with Crippen molar-refractivity contribution >= 4 is 40.5 Å². The van der Waals surface area contributed by atoms with Crippen LogP contribution in [-0.4, -0.2) is 25.8 Å². The average molecular weight is 319 g/mol. The van der Waals surface area contributed by atoms with Crippen molar-refractivity contribution in [3.63, 3.8) is 0 Å². The molecule has 0 nitrogen and oxygen atoms in total. The van der Waals surface area contributed by atoms with Gasteiger partial charge >= 0.3 is 69.8 Å². The Hall–Kier alpha value is 0.432. The van der Waals surface area contributed by atoms with Gasteiger partial charge in [-0.15, -0.1) is 0 Å². The summed E-state index contributed by atoms with van der Waals surface area (Å²) in [6.07, 6.45) is 0. The zero-order valence-electron chi connectivity index (χ0n) is 4.19. The van der Waals surface area contributed by atoms with Crippen LogP contribution in [0.25, 0.3) is 0 Å². The minimum absolute atomic E-state index is 0.845. The van der Waals surface area contributed by atoms with Crippen LogP contribution in [0, 0.1) is 0 Å². The first kappa shape index (κ1) is 6.55. The van der Waals surface area contributed by atoms with E-state index >= 15 is 0 Å². The van der Waals surface area contributed by atoms with Gasteiger partial charge in [0.05, 0.1) is 0 Å². The molecule has 3 radical (unpaired) electrons. The molecule has 0 saturated heterocycles. The molecule has 0 aromatic heterocycles. The van der Waals surface area contributed by atoms with E-state index in [9.17, 15) is 0 Å². The van der Waals surface area contributed by atoms with E-state index < -0.39 is 0 Å². The predicted octanol–water partition coefficient (Wildman–Crippen LogP) is 1.13. The van der Waals surface area contributed by atoms with Crippen LogP contribution in [-0.2, 0) is 0 Å². The Morgan fingerprint density at radius 3 is 2.50 bits per heavy atom. The molecule has 0 atom stereocenters. The SMILES string of the molecule is Clc1ccc[c]([Pb])c1. The maximum absolute atomic E-state index is 5.67. The Kier molecular flexibility index (Phi) is 2.31. The summed E-state index contributed by atoms with van der Waals surface area (Å²) in [5, 5.41) is 0.845. The zero-order chi connectivity index (χ0) is 5.98. The predicted molar refractivity (Wildman–Crippen MR) is 36.8 cm³/mol. The first-order chi connectivity index (χ1) is 3.79. The topological polar surface area (TPSA) is 0 Å². The summed E-state index contributed by atoms with van der Waals surface area (Å²) < 4.78 is 1.34. The van der Waals surface area contributed by atoms with Crippen molar-refractivity contribution in [2.45, 2.75) is 0 Å². The van der Waals surface area contributed by atoms with E-state index in [1.165, 1.54) is 3.12 Å². The third kappa shape index (κ3) is 1.74. The van der Waals surface area contributed by atoms with Gasteiger partial charge in [-0.1, -0.05) is 0 Å². The molecule has 0 unspecified atom stereocenters. The van der Waals surface area contributed by atoms with Crippen LogP contribution >= 0.6 is 11.6 Å². The second kappa shape index (κ2) is 2.83. The van der Waals surface area contributed by atoms with Crippen molar-refractivity contribution in [2.24, 2.45) is 0 Å². The Labute approximate surface area is 69.5 Å². The molecule has 0 fully saturated rings. The fourth-order valence-electron chi connectivity index (χ4n) is 0.488. The van der Waals surface area contributed by atoms with E-state index in [0.29, 0.717) is 0 Å². The molecule has 1 aromatic rings. The van der Waals surface area contributed by atoms with Crippen LogP contribution in [0.4, 0.5) is 0 Å². The van der Waals surface area contributed by atoms with Crippen molar-refractivity contribution in [1.29, 1.82) is 0 Å². The molecule has 39 valence electrons. The molecule has 0 spiro atoms. The van der Waals surface area contributed by atoms with Crippen molar-refractivity contribution in [2.75, 3.05) is 0 Å². The van der Waals surface area contributed by atoms with Crippen LogP contribution < -0.4 is 3.12 Å². The molecule has 0 N–H and O–H groups in total. The van der Waals surface area contributed by atoms with E-state index in [4.69, 9.17) is 11.6 Å². The monoisotopic (exact) mass is 319 g/mol. The van der Waals surface area contributed by atoms with Crippen molar-refractivity contribution in [1.82, 2.24) is 0 Å². The summed E-state index contributed by atoms with van der Waals surface area (Å²) >= 11 is 6.76. The zero-order valence-corrected chi connectivity index (χ0v) is 8.83. The number of halogens is 1. The standard InChI is InChI=1S/C6H4Cl.Pb/c7-6-4-2-1-3-5-6;/h1-2,4-5H;. The molecular formula is C6H4ClPb. The molecule has 8 heavy (non-hydrogen) atoms. The summed E-state index contributed by atoms with van der Waals surface area (Å²) in [4.78, 5) is 0. The molecule has 0 amide bonds. The Morgan fingerprint density at radius 1 is 1.38 bits per heavy atom. The van der Waals surface area contributed by atoms with Crippen LogP contribution in [0.15, 0.2) is 24.3 Å². The van der Waals surface area contributed by atoms with Gasteiger partial charge in [0.25, 0.3) is 0 Å². The molecule has 1 rings (SSSR count). The summed E-state index contributed by atoms with van der Waals surface area (Å²) in [5.41, 5.74) is 0. The molecule has 0 aliphatic carbocycles. The molecule has 2 heteroatoms.